The van der Waals surface area contributed by atoms with Gasteiger partial charge in [0.25, 0.3) is 0 Å². The third-order valence-electron chi connectivity index (χ3n) is 3.81. The lowest BCUT2D eigenvalue weighted by atomic mass is 10.2. The summed E-state index contributed by atoms with van der Waals surface area (Å²) in [5, 5.41) is 5.75. The summed E-state index contributed by atoms with van der Waals surface area (Å²) >= 11 is 0. The van der Waals surface area contributed by atoms with Crippen LogP contribution in [0, 0.1) is 0 Å². The minimum Gasteiger partial charge on any atom is -0.324 e. The molecular weight excluding hydrogens is 328 g/mol. The maximum absolute atomic E-state index is 12.4. The van der Waals surface area contributed by atoms with Crippen molar-refractivity contribution >= 4 is 46.0 Å². The average Bonchev–Trinajstić information content (AvgIpc) is 2.57. The molecule has 0 aliphatic carbocycles. The fourth-order valence-corrected chi connectivity index (χ4v) is 2.70. The Morgan fingerprint density at radius 2 is 1.08 bits per heavy atom. The van der Waals surface area contributed by atoms with Gasteiger partial charge in [-0.2, -0.15) is 0 Å². The Hall–Kier alpha value is -3.28. The van der Waals surface area contributed by atoms with E-state index in [2.05, 4.69) is 20.6 Å². The van der Waals surface area contributed by atoms with Crippen LogP contribution >= 0.6 is 0 Å². The lowest BCUT2D eigenvalue weighted by Crippen LogP contribution is -2.17. The highest BCUT2D eigenvalue weighted by Crippen LogP contribution is 2.27. The molecule has 3 rings (SSSR count). The number of aliphatic imine (C=N–C) groups is 2. The fourth-order valence-electron chi connectivity index (χ4n) is 2.70. The number of anilines is 2. The largest absolute Gasteiger partial charge is 0.324 e. The maximum atomic E-state index is 12.4. The van der Waals surface area contributed by atoms with Crippen molar-refractivity contribution < 1.29 is 9.59 Å². The molecule has 0 unspecified atom stereocenters. The van der Waals surface area contributed by atoms with Crippen molar-refractivity contribution in [1.29, 1.82) is 0 Å². The molecule has 0 bridgehead atoms. The van der Waals surface area contributed by atoms with Crippen molar-refractivity contribution in [3.8, 4) is 0 Å². The Balaban J connectivity index is 2.01. The van der Waals surface area contributed by atoms with Gasteiger partial charge in [-0.25, -0.2) is 0 Å². The van der Waals surface area contributed by atoms with Gasteiger partial charge < -0.3 is 10.6 Å². The van der Waals surface area contributed by atoms with Crippen LogP contribution < -0.4 is 10.6 Å². The lowest BCUT2D eigenvalue weighted by Gasteiger charge is -2.12. The van der Waals surface area contributed by atoms with Gasteiger partial charge >= 0.3 is 0 Å². The van der Waals surface area contributed by atoms with Gasteiger partial charge in [0.2, 0.25) is 11.8 Å². The molecule has 0 fully saturated rings. The van der Waals surface area contributed by atoms with E-state index in [1.54, 1.807) is 38.1 Å². The van der Waals surface area contributed by atoms with Crippen LogP contribution in [0.25, 0.3) is 0 Å². The van der Waals surface area contributed by atoms with Crippen molar-refractivity contribution in [3.05, 3.63) is 48.5 Å². The second-order valence-electron chi connectivity index (χ2n) is 6.18. The van der Waals surface area contributed by atoms with E-state index in [0.29, 0.717) is 34.2 Å². The monoisotopic (exact) mass is 348 g/mol. The second kappa shape index (κ2) is 7.74. The SMILES string of the molecule is CC1=Nc2ccccc2NC(=O)CC(C)=Nc2ccccc2NC(=O)C1. The molecular formula is C20H20N4O2. The van der Waals surface area contributed by atoms with Gasteiger partial charge in [0, 0.05) is 11.4 Å². The van der Waals surface area contributed by atoms with E-state index in [-0.39, 0.29) is 24.7 Å². The highest BCUT2D eigenvalue weighted by Gasteiger charge is 2.12. The topological polar surface area (TPSA) is 82.9 Å². The minimum atomic E-state index is -0.162. The zero-order valence-corrected chi connectivity index (χ0v) is 14.7. The molecule has 1 heterocycles. The molecule has 6 heteroatoms. The predicted octanol–water partition coefficient (Wildman–Crippen LogP) is 4.24. The first kappa shape index (κ1) is 17.5. The number of benzene rings is 2. The van der Waals surface area contributed by atoms with Crippen molar-refractivity contribution in [1.82, 2.24) is 0 Å². The summed E-state index contributed by atoms with van der Waals surface area (Å²) in [7, 11) is 0. The summed E-state index contributed by atoms with van der Waals surface area (Å²) in [6.07, 6.45) is 0.304. The van der Waals surface area contributed by atoms with Gasteiger partial charge in [-0.05, 0) is 38.1 Å². The molecule has 2 aromatic carbocycles. The van der Waals surface area contributed by atoms with E-state index in [1.165, 1.54) is 0 Å². The standard InChI is InChI=1S/C20H20N4O2/c1-13-11-19(25)23-18-10-6-4-8-16(18)22-14(2)12-20(26)24-17-9-5-3-7-15(17)21-13/h3-10H,11-12H2,1-2H3,(H,23,25)(H,24,26). The summed E-state index contributed by atoms with van der Waals surface area (Å²) in [6, 6.07) is 14.5. The van der Waals surface area contributed by atoms with E-state index in [0.717, 1.165) is 0 Å². The number of rotatable bonds is 0. The van der Waals surface area contributed by atoms with E-state index < -0.39 is 0 Å². The molecule has 0 spiro atoms. The average molecular weight is 348 g/mol. The number of nitrogens with zero attached hydrogens (tertiary/aromatic N) is 2. The van der Waals surface area contributed by atoms with Crippen LogP contribution in [0.4, 0.5) is 22.7 Å². The van der Waals surface area contributed by atoms with Gasteiger partial charge in [0.05, 0.1) is 35.6 Å². The number of para-hydroxylation sites is 4. The number of carbonyl (C=O) groups is 2. The Morgan fingerprint density at radius 1 is 0.692 bits per heavy atom. The number of hydrogen-bond donors (Lipinski definition) is 2. The fraction of sp³-hybridized carbons (Fsp3) is 0.200. The lowest BCUT2D eigenvalue weighted by molar-refractivity contribution is -0.116. The Kier molecular flexibility index (Phi) is 5.22. The molecule has 0 atom stereocenters. The molecule has 2 amide bonds. The first-order valence-electron chi connectivity index (χ1n) is 8.37. The summed E-state index contributed by atoms with van der Waals surface area (Å²) < 4.78 is 0. The minimum absolute atomic E-state index is 0.152. The van der Waals surface area contributed by atoms with Gasteiger partial charge in [-0.1, -0.05) is 24.3 Å². The van der Waals surface area contributed by atoms with Crippen molar-refractivity contribution in [2.75, 3.05) is 10.6 Å². The molecule has 2 aromatic rings. The normalized spacial score (nSPS) is 15.5. The smallest absolute Gasteiger partial charge is 0.230 e. The van der Waals surface area contributed by atoms with E-state index in [1.807, 2.05) is 24.3 Å². The maximum Gasteiger partial charge on any atom is 0.230 e. The summed E-state index contributed by atoms with van der Waals surface area (Å²) in [6.45, 7) is 3.58. The molecule has 0 aromatic heterocycles. The van der Waals surface area contributed by atoms with Crippen LogP contribution in [0.5, 0.6) is 0 Å². The molecule has 0 radical (unpaired) electrons. The van der Waals surface area contributed by atoms with Crippen LogP contribution in [0.15, 0.2) is 58.5 Å². The van der Waals surface area contributed by atoms with Gasteiger partial charge in [-0.3, -0.25) is 19.6 Å². The van der Waals surface area contributed by atoms with E-state index >= 15 is 0 Å². The second-order valence-corrected chi connectivity index (χ2v) is 6.18. The Labute approximate surface area is 152 Å². The van der Waals surface area contributed by atoms with Crippen LogP contribution in [0.3, 0.4) is 0 Å². The van der Waals surface area contributed by atoms with Crippen molar-refractivity contribution in [2.45, 2.75) is 26.7 Å². The number of carbonyl (C=O) groups excluding carboxylic acids is 2. The summed E-state index contributed by atoms with van der Waals surface area (Å²) in [5.74, 6) is -0.324. The third kappa shape index (κ3) is 4.42. The van der Waals surface area contributed by atoms with Crippen molar-refractivity contribution in [2.24, 2.45) is 9.98 Å². The molecule has 2 N–H and O–H groups in total. The number of nitrogens with one attached hydrogen (secondary N) is 2. The molecule has 1 aliphatic heterocycles. The summed E-state index contributed by atoms with van der Waals surface area (Å²) in [5.41, 5.74) is 3.78. The molecule has 1 aliphatic rings. The van der Waals surface area contributed by atoms with Crippen LogP contribution in [0.2, 0.25) is 0 Å². The van der Waals surface area contributed by atoms with Gasteiger partial charge in [0.15, 0.2) is 0 Å². The summed E-state index contributed by atoms with van der Waals surface area (Å²) in [4.78, 5) is 33.7. The molecule has 6 nitrogen and oxygen atoms in total. The Bertz CT molecular complexity index is 840. The molecule has 0 saturated heterocycles. The van der Waals surface area contributed by atoms with Crippen LogP contribution in [-0.4, -0.2) is 23.2 Å². The van der Waals surface area contributed by atoms with Gasteiger partial charge in [-0.15, -0.1) is 0 Å². The third-order valence-corrected chi connectivity index (χ3v) is 3.81. The zero-order valence-electron chi connectivity index (χ0n) is 14.7. The van der Waals surface area contributed by atoms with E-state index in [4.69, 9.17) is 0 Å². The quantitative estimate of drug-likeness (QED) is 0.746. The number of fused-ring (bicyclic) bond motifs is 2. The predicted molar refractivity (Wildman–Crippen MR) is 105 cm³/mol. The molecule has 0 saturated carbocycles. The van der Waals surface area contributed by atoms with Gasteiger partial charge in [0.1, 0.15) is 0 Å². The highest BCUT2D eigenvalue weighted by atomic mass is 16.2. The first-order valence-corrected chi connectivity index (χ1v) is 8.37. The molecule has 132 valence electrons. The van der Waals surface area contributed by atoms with Crippen LogP contribution in [0.1, 0.15) is 26.7 Å². The first-order chi connectivity index (χ1) is 12.5. The number of amides is 2. The van der Waals surface area contributed by atoms with Crippen LogP contribution in [-0.2, 0) is 9.59 Å². The Morgan fingerprint density at radius 3 is 1.50 bits per heavy atom. The zero-order chi connectivity index (χ0) is 18.5. The van der Waals surface area contributed by atoms with Crippen molar-refractivity contribution in [3.63, 3.8) is 0 Å². The van der Waals surface area contributed by atoms with E-state index in [9.17, 15) is 9.59 Å². The number of hydrogen-bond acceptors (Lipinski definition) is 4. The molecule has 26 heavy (non-hydrogen) atoms. The highest BCUT2D eigenvalue weighted by molar-refractivity contribution is 6.10.